The number of carbonyl (C=O) groups excluding carboxylic acids is 1. The van der Waals surface area contributed by atoms with Crippen LogP contribution in [-0.4, -0.2) is 69.5 Å². The van der Waals surface area contributed by atoms with Crippen LogP contribution in [0.1, 0.15) is 20.8 Å². The van der Waals surface area contributed by atoms with Gasteiger partial charge in [0.1, 0.15) is 0 Å². The number of benzene rings is 1. The Balaban J connectivity index is 2.51. The summed E-state index contributed by atoms with van der Waals surface area (Å²) in [5.74, 6) is -0.921. The van der Waals surface area contributed by atoms with E-state index in [4.69, 9.17) is 15.0 Å². The lowest BCUT2D eigenvalue weighted by atomic mass is 10.00. The minimum atomic E-state index is -4.84. The molecule has 0 saturated carbocycles. The summed E-state index contributed by atoms with van der Waals surface area (Å²) in [5.41, 5.74) is 3.77. The Labute approximate surface area is 216 Å². The maximum Gasteiger partial charge on any atom is 0.296 e. The zero-order valence-corrected chi connectivity index (χ0v) is 22.7. The summed E-state index contributed by atoms with van der Waals surface area (Å²) in [7, 11) is -6.04. The molecule has 1 aromatic carbocycles. The average Bonchev–Trinajstić information content (AvgIpc) is 2.81. The molecule has 0 fully saturated rings. The number of non-ortho nitro benzene ring substituents is 1. The molecule has 1 aliphatic rings. The Morgan fingerprint density at radius 1 is 1.32 bits per heavy atom. The third kappa shape index (κ3) is 7.27. The number of hydrogen-bond donors (Lipinski definition) is 2. The van der Waals surface area contributed by atoms with Gasteiger partial charge in [0.25, 0.3) is 21.4 Å². The molecule has 0 bridgehead atoms. The monoisotopic (exact) mass is 556 g/mol. The fraction of sp³-hybridized carbons (Fsp3) is 0.476. The van der Waals surface area contributed by atoms with E-state index >= 15 is 0 Å². The number of sulfonamides is 1. The lowest BCUT2D eigenvalue weighted by Crippen LogP contribution is -2.54. The zero-order chi connectivity index (χ0) is 28.1. The molecule has 1 aromatic rings. The van der Waals surface area contributed by atoms with Crippen LogP contribution in [-0.2, 0) is 24.1 Å². The van der Waals surface area contributed by atoms with Crippen molar-refractivity contribution < 1.29 is 32.3 Å². The van der Waals surface area contributed by atoms with E-state index in [0.717, 1.165) is 12.1 Å². The molecule has 14 nitrogen and oxygen atoms in total. The molecule has 1 aliphatic heterocycles. The summed E-state index contributed by atoms with van der Waals surface area (Å²) in [6.45, 7) is 11.4. The molecular formula is C21H30N5O9SSi. The standard InChI is InChI=1S/C21H30N5O9SSi/c1-6-9-34-26(36(32,33)19-8-7-15(24(28)29)11-17(19)25(30)31)18-12-23-14(10-16(18)20(22)27)13-35-37(5)21(2,3)4/h6-8,10-11,14,18,23H,1,9,12-13H2,2-5H3,(H2,22,27)/t14-,18-/m0/s1. The molecule has 0 aromatic heterocycles. The van der Waals surface area contributed by atoms with Crippen LogP contribution in [0.2, 0.25) is 11.6 Å². The predicted octanol–water partition coefficient (Wildman–Crippen LogP) is 1.80. The molecule has 2 rings (SSSR count). The van der Waals surface area contributed by atoms with Gasteiger partial charge in [-0.1, -0.05) is 37.4 Å². The van der Waals surface area contributed by atoms with E-state index in [0.29, 0.717) is 10.5 Å². The summed E-state index contributed by atoms with van der Waals surface area (Å²) >= 11 is 0. The van der Waals surface area contributed by atoms with Crippen molar-refractivity contribution in [3.8, 4) is 0 Å². The van der Waals surface area contributed by atoms with Gasteiger partial charge in [-0.2, -0.15) is 0 Å². The van der Waals surface area contributed by atoms with Gasteiger partial charge in [0.2, 0.25) is 14.9 Å². The molecule has 0 saturated heterocycles. The summed E-state index contributed by atoms with van der Waals surface area (Å²) in [5, 5.41) is 25.7. The van der Waals surface area contributed by atoms with Crippen LogP contribution in [0.4, 0.5) is 11.4 Å². The molecule has 37 heavy (non-hydrogen) atoms. The molecule has 0 unspecified atom stereocenters. The van der Waals surface area contributed by atoms with Gasteiger partial charge < -0.3 is 15.5 Å². The highest BCUT2D eigenvalue weighted by molar-refractivity contribution is 7.89. The van der Waals surface area contributed by atoms with Crippen molar-refractivity contribution in [2.75, 3.05) is 19.8 Å². The van der Waals surface area contributed by atoms with E-state index in [9.17, 15) is 33.4 Å². The van der Waals surface area contributed by atoms with Crippen LogP contribution in [0, 0.1) is 20.2 Å². The number of carbonyl (C=O) groups is 1. The van der Waals surface area contributed by atoms with E-state index in [1.807, 2.05) is 27.3 Å². The van der Waals surface area contributed by atoms with Crippen LogP contribution < -0.4 is 11.1 Å². The maximum absolute atomic E-state index is 13.6. The van der Waals surface area contributed by atoms with Crippen molar-refractivity contribution in [3.05, 3.63) is 62.7 Å². The van der Waals surface area contributed by atoms with Crippen molar-refractivity contribution in [3.63, 3.8) is 0 Å². The summed E-state index contributed by atoms with van der Waals surface area (Å²) in [6, 6.07) is 0.339. The third-order valence-electron chi connectivity index (χ3n) is 5.57. The van der Waals surface area contributed by atoms with Crippen LogP contribution in [0.5, 0.6) is 0 Å². The van der Waals surface area contributed by atoms with Crippen molar-refractivity contribution >= 4 is 36.3 Å². The third-order valence-corrected chi connectivity index (χ3v) is 10.0. The Morgan fingerprint density at radius 3 is 2.49 bits per heavy atom. The minimum Gasteiger partial charge on any atom is -0.414 e. The molecule has 2 atom stereocenters. The summed E-state index contributed by atoms with van der Waals surface area (Å²) in [6.07, 6.45) is 2.68. The molecule has 0 spiro atoms. The smallest absolute Gasteiger partial charge is 0.296 e. The molecule has 1 heterocycles. The molecule has 0 aliphatic carbocycles. The number of nitro groups is 2. The first-order chi connectivity index (χ1) is 17.1. The highest BCUT2D eigenvalue weighted by Gasteiger charge is 2.42. The number of hydroxylamine groups is 1. The second-order valence-electron chi connectivity index (χ2n) is 9.15. The summed E-state index contributed by atoms with van der Waals surface area (Å²) in [4.78, 5) is 37.6. The Morgan fingerprint density at radius 2 is 1.97 bits per heavy atom. The van der Waals surface area contributed by atoms with Gasteiger partial charge >= 0.3 is 0 Å². The Hall–Kier alpha value is -3.02. The maximum atomic E-state index is 13.6. The van der Waals surface area contributed by atoms with E-state index in [1.54, 1.807) is 0 Å². The number of nitrogens with one attached hydrogen (secondary N) is 1. The SMILES string of the molecule is C=CCON([C@H]1CN[C@H](CO[Si](C)C(C)(C)C)C=C1C(N)=O)S(=O)(=O)c1ccc([N+](=O)[O-])cc1[N+](=O)[O-]. The van der Waals surface area contributed by atoms with Crippen LogP contribution >= 0.6 is 0 Å². The normalized spacial score (nSPS) is 18.5. The van der Waals surface area contributed by atoms with Crippen LogP contribution in [0.3, 0.4) is 0 Å². The second-order valence-corrected chi connectivity index (χ2v) is 13.8. The fourth-order valence-corrected chi connectivity index (χ4v) is 5.68. The van der Waals surface area contributed by atoms with E-state index in [-0.39, 0.29) is 30.4 Å². The van der Waals surface area contributed by atoms with Crippen molar-refractivity contribution in [2.24, 2.45) is 5.73 Å². The lowest BCUT2D eigenvalue weighted by molar-refractivity contribution is -0.396. The van der Waals surface area contributed by atoms with Gasteiger partial charge in [-0.05, 0) is 17.7 Å². The first kappa shape index (κ1) is 30.2. The largest absolute Gasteiger partial charge is 0.414 e. The number of nitro benzene ring substituents is 2. The van der Waals surface area contributed by atoms with Crippen molar-refractivity contribution in [1.29, 1.82) is 0 Å². The van der Waals surface area contributed by atoms with Gasteiger partial charge in [0.05, 0.1) is 35.2 Å². The molecule has 3 N–H and O–H groups in total. The zero-order valence-electron chi connectivity index (χ0n) is 20.9. The van der Waals surface area contributed by atoms with Crippen molar-refractivity contribution in [2.45, 2.75) is 49.3 Å². The van der Waals surface area contributed by atoms with Crippen molar-refractivity contribution in [1.82, 2.24) is 9.79 Å². The highest BCUT2D eigenvalue weighted by Crippen LogP contribution is 2.33. The molecule has 16 heteroatoms. The predicted molar refractivity (Wildman–Crippen MR) is 135 cm³/mol. The van der Waals surface area contributed by atoms with E-state index < -0.39 is 63.2 Å². The highest BCUT2D eigenvalue weighted by atomic mass is 32.2. The number of amides is 1. The van der Waals surface area contributed by atoms with Crippen LogP contribution in [0.25, 0.3) is 0 Å². The number of rotatable bonds is 12. The fourth-order valence-electron chi connectivity index (χ4n) is 3.26. The number of hydrogen-bond acceptors (Lipinski definition) is 10. The first-order valence-electron chi connectivity index (χ1n) is 11.0. The molecular weight excluding hydrogens is 526 g/mol. The first-order valence-corrected chi connectivity index (χ1v) is 14.4. The topological polar surface area (TPSA) is 197 Å². The number of primary amides is 1. The van der Waals surface area contributed by atoms with E-state index in [2.05, 4.69) is 11.9 Å². The van der Waals surface area contributed by atoms with Gasteiger partial charge in [-0.15, -0.1) is 6.58 Å². The molecule has 203 valence electrons. The average molecular weight is 557 g/mol. The Bertz CT molecular complexity index is 1200. The molecule has 1 amide bonds. The number of nitrogens with two attached hydrogens (primary N) is 1. The van der Waals surface area contributed by atoms with Crippen LogP contribution in [0.15, 0.2) is 47.4 Å². The van der Waals surface area contributed by atoms with Gasteiger partial charge in [0, 0.05) is 24.2 Å². The quantitative estimate of drug-likeness (QED) is 0.166. The number of nitrogens with zero attached hydrogens (tertiary/aromatic N) is 3. The minimum absolute atomic E-state index is 0.0407. The lowest BCUT2D eigenvalue weighted by Gasteiger charge is -2.35. The second kappa shape index (κ2) is 12.0. The molecule has 1 radical (unpaired) electrons. The Kier molecular flexibility index (Phi) is 9.81. The van der Waals surface area contributed by atoms with Gasteiger partial charge in [0.15, 0.2) is 4.90 Å². The van der Waals surface area contributed by atoms with Gasteiger partial charge in [-0.3, -0.25) is 29.9 Å². The summed E-state index contributed by atoms with van der Waals surface area (Å²) < 4.78 is 33.6. The van der Waals surface area contributed by atoms with Gasteiger partial charge in [-0.25, -0.2) is 8.42 Å². The van der Waals surface area contributed by atoms with E-state index in [1.165, 1.54) is 12.2 Å².